The molecule has 0 aromatic rings. The lowest BCUT2D eigenvalue weighted by Gasteiger charge is -1.65. The Kier molecular flexibility index (Phi) is 168. The zero-order valence-corrected chi connectivity index (χ0v) is 13.3. The quantitative estimate of drug-likeness (QED) is 0.360. The van der Waals surface area contributed by atoms with E-state index in [9.17, 15) is 0 Å². The van der Waals surface area contributed by atoms with E-state index in [-0.39, 0.29) is 0 Å². The molecule has 0 saturated carbocycles. The van der Waals surface area contributed by atoms with Gasteiger partial charge in [-0.05, 0) is 20.3 Å². The summed E-state index contributed by atoms with van der Waals surface area (Å²) in [6.45, 7) is 21.6. The molecule has 16 heavy (non-hydrogen) atoms. The lowest BCUT2D eigenvalue weighted by atomic mass is 10.4. The second-order valence-corrected chi connectivity index (χ2v) is 1.74. The van der Waals surface area contributed by atoms with Crippen molar-refractivity contribution in [1.82, 2.24) is 0 Å². The molecule has 0 heteroatoms. The molecule has 0 spiro atoms. The highest BCUT2D eigenvalue weighted by atomic mass is 13.6. The first-order valence-corrected chi connectivity index (χ1v) is 6.68. The zero-order valence-electron chi connectivity index (χ0n) is 13.3. The van der Waals surface area contributed by atoms with Crippen molar-refractivity contribution in [3.05, 3.63) is 37.0 Å². The molecule has 0 aromatic carbocycles. The van der Waals surface area contributed by atoms with Gasteiger partial charge in [0, 0.05) is 0 Å². The third kappa shape index (κ3) is 190. The molecule has 0 radical (unpaired) electrons. The number of hydrogen-bond acceptors (Lipinski definition) is 0. The third-order valence-electron chi connectivity index (χ3n) is 0.800. The van der Waals surface area contributed by atoms with Crippen LogP contribution in [0.3, 0.4) is 0 Å². The molecule has 0 N–H and O–H groups in total. The molecule has 0 aromatic heterocycles. The second-order valence-electron chi connectivity index (χ2n) is 1.74. The van der Waals surface area contributed by atoms with Crippen LogP contribution in [0.25, 0.3) is 0 Å². The van der Waals surface area contributed by atoms with E-state index in [1.165, 1.54) is 0 Å². The Morgan fingerprint density at radius 3 is 1.19 bits per heavy atom. The monoisotopic (exact) mass is 228 g/mol. The Morgan fingerprint density at radius 1 is 0.812 bits per heavy atom. The smallest absolute Gasteiger partial charge is 0.0379 e. The summed E-state index contributed by atoms with van der Waals surface area (Å²) in [5.74, 6) is 0. The SMILES string of the molecule is C/C=C\CC.C=C/C=C\C.CC.CC.CC. The summed E-state index contributed by atoms with van der Waals surface area (Å²) in [6, 6.07) is 0. The molecule has 0 nitrogen and oxygen atoms in total. The molecule has 0 amide bonds. The van der Waals surface area contributed by atoms with Gasteiger partial charge in [-0.3, -0.25) is 0 Å². The highest BCUT2D eigenvalue weighted by Gasteiger charge is 1.52. The highest BCUT2D eigenvalue weighted by molar-refractivity contribution is 4.94. The van der Waals surface area contributed by atoms with Gasteiger partial charge in [0.15, 0.2) is 0 Å². The first kappa shape index (κ1) is 29.5. The Labute approximate surface area is 106 Å². The molecule has 0 saturated heterocycles. The van der Waals surface area contributed by atoms with Crippen LogP contribution in [-0.4, -0.2) is 0 Å². The summed E-state index contributed by atoms with van der Waals surface area (Å²) in [4.78, 5) is 0. The Hall–Kier alpha value is -0.780. The van der Waals surface area contributed by atoms with E-state index in [2.05, 4.69) is 25.7 Å². The van der Waals surface area contributed by atoms with Gasteiger partial charge in [0.05, 0.1) is 0 Å². The molecule has 0 aliphatic rings. The minimum absolute atomic E-state index is 1.16. The van der Waals surface area contributed by atoms with Crippen molar-refractivity contribution in [1.29, 1.82) is 0 Å². The van der Waals surface area contributed by atoms with Crippen LogP contribution in [-0.2, 0) is 0 Å². The van der Waals surface area contributed by atoms with E-state index in [0.29, 0.717) is 0 Å². The van der Waals surface area contributed by atoms with Crippen LogP contribution in [0.2, 0.25) is 0 Å². The van der Waals surface area contributed by atoms with Crippen molar-refractivity contribution < 1.29 is 0 Å². The maximum atomic E-state index is 3.46. The van der Waals surface area contributed by atoms with Gasteiger partial charge in [-0.15, -0.1) is 0 Å². The van der Waals surface area contributed by atoms with Gasteiger partial charge in [0.1, 0.15) is 0 Å². The maximum absolute atomic E-state index is 3.46. The third-order valence-corrected chi connectivity index (χ3v) is 0.800. The molecule has 100 valence electrons. The van der Waals surface area contributed by atoms with Crippen LogP contribution in [0.1, 0.15) is 68.7 Å². The van der Waals surface area contributed by atoms with Crippen LogP contribution in [0, 0.1) is 0 Å². The summed E-state index contributed by atoms with van der Waals surface area (Å²) in [5.41, 5.74) is 0. The first-order valence-electron chi connectivity index (χ1n) is 6.68. The normalized spacial score (nSPS) is 7.06. The van der Waals surface area contributed by atoms with Gasteiger partial charge in [0.2, 0.25) is 0 Å². The van der Waals surface area contributed by atoms with Crippen LogP contribution >= 0.6 is 0 Å². The van der Waals surface area contributed by atoms with E-state index >= 15 is 0 Å². The minimum Gasteiger partial charge on any atom is -0.0991 e. The Morgan fingerprint density at radius 2 is 1.19 bits per heavy atom. The predicted octanol–water partition coefficient (Wildman–Crippen LogP) is 6.80. The lowest BCUT2D eigenvalue weighted by Crippen LogP contribution is -1.43. The topological polar surface area (TPSA) is 0 Å². The largest absolute Gasteiger partial charge is 0.0991 e. The number of rotatable bonds is 2. The Balaban J connectivity index is -0.0000000345. The van der Waals surface area contributed by atoms with Gasteiger partial charge in [-0.25, -0.2) is 0 Å². The molecule has 0 rings (SSSR count). The summed E-state index contributed by atoms with van der Waals surface area (Å²) in [5, 5.41) is 0. The molecular formula is C16H36. The van der Waals surface area contributed by atoms with Crippen LogP contribution in [0.4, 0.5) is 0 Å². The maximum Gasteiger partial charge on any atom is -0.0379 e. The van der Waals surface area contributed by atoms with Crippen molar-refractivity contribution in [2.75, 3.05) is 0 Å². The molecule has 0 aliphatic carbocycles. The zero-order chi connectivity index (χ0) is 14.2. The van der Waals surface area contributed by atoms with Crippen LogP contribution < -0.4 is 0 Å². The van der Waals surface area contributed by atoms with E-state index < -0.39 is 0 Å². The second kappa shape index (κ2) is 91.2. The average Bonchev–Trinajstić information content (AvgIpc) is 2.39. The number of hydrogen-bond donors (Lipinski definition) is 0. The van der Waals surface area contributed by atoms with Crippen molar-refractivity contribution in [2.45, 2.75) is 68.7 Å². The number of allylic oxidation sites excluding steroid dienone is 5. The van der Waals surface area contributed by atoms with Gasteiger partial charge in [0.25, 0.3) is 0 Å². The minimum atomic E-state index is 1.16. The fourth-order valence-corrected chi connectivity index (χ4v) is 0.372. The van der Waals surface area contributed by atoms with Crippen molar-refractivity contribution >= 4 is 0 Å². The van der Waals surface area contributed by atoms with Crippen molar-refractivity contribution in [2.24, 2.45) is 0 Å². The predicted molar refractivity (Wildman–Crippen MR) is 84.2 cm³/mol. The van der Waals surface area contributed by atoms with Gasteiger partial charge < -0.3 is 0 Å². The fourth-order valence-electron chi connectivity index (χ4n) is 0.372. The Bertz CT molecular complexity index is 96.6. The molecule has 0 heterocycles. The standard InChI is InChI=1S/C5H10.C5H8.3C2H6/c2*1-3-5-4-2;3*1-2/h3,5H,4H2,1-2H3;3-5H,1H2,2H3;3*1-2H3/b5-3-;5-4-;;;. The van der Waals surface area contributed by atoms with Crippen LogP contribution in [0.15, 0.2) is 37.0 Å². The van der Waals surface area contributed by atoms with Crippen LogP contribution in [0.5, 0.6) is 0 Å². The van der Waals surface area contributed by atoms with Gasteiger partial charge in [-0.2, -0.15) is 0 Å². The van der Waals surface area contributed by atoms with E-state index in [0.717, 1.165) is 6.42 Å². The van der Waals surface area contributed by atoms with E-state index in [1.807, 2.05) is 67.5 Å². The summed E-state index contributed by atoms with van der Waals surface area (Å²) in [6.07, 6.45) is 10.9. The molecule has 0 atom stereocenters. The molecule has 0 fully saturated rings. The first-order chi connectivity index (χ1) is 7.83. The highest BCUT2D eigenvalue weighted by Crippen LogP contribution is 1.73. The summed E-state index contributed by atoms with van der Waals surface area (Å²) >= 11 is 0. The lowest BCUT2D eigenvalue weighted by molar-refractivity contribution is 1.22. The molecule has 0 unspecified atom stereocenters. The van der Waals surface area contributed by atoms with Crippen molar-refractivity contribution in [3.8, 4) is 0 Å². The molecular weight excluding hydrogens is 192 g/mol. The average molecular weight is 228 g/mol. The van der Waals surface area contributed by atoms with Crippen molar-refractivity contribution in [3.63, 3.8) is 0 Å². The van der Waals surface area contributed by atoms with E-state index in [1.54, 1.807) is 6.08 Å². The summed E-state index contributed by atoms with van der Waals surface area (Å²) in [7, 11) is 0. The molecule has 0 bridgehead atoms. The van der Waals surface area contributed by atoms with E-state index in [4.69, 9.17) is 0 Å². The summed E-state index contributed by atoms with van der Waals surface area (Å²) < 4.78 is 0. The van der Waals surface area contributed by atoms with Gasteiger partial charge in [-0.1, -0.05) is 85.4 Å². The fraction of sp³-hybridized carbons (Fsp3) is 0.625. The van der Waals surface area contributed by atoms with Gasteiger partial charge >= 0.3 is 0 Å². The molecule has 0 aliphatic heterocycles.